The number of hydrogen-bond acceptors (Lipinski definition) is 13. The molecule has 192 valence electrons. The molecule has 39 heavy (non-hydrogen) atoms. The van der Waals surface area contributed by atoms with Gasteiger partial charge in [0.25, 0.3) is 0 Å². The van der Waals surface area contributed by atoms with E-state index in [1.54, 1.807) is 6.92 Å². The SMILES string of the molecule is Cc1ccc(N=Nc2c(S(=O)(=O)[O-])cc3cc(Nc4nc(Cl)nc(Cl)n4)ccc3c2O)c(S(=O)(=O)[O-])c1.[K+].[Na+]. The molecule has 1 heterocycles. The van der Waals surface area contributed by atoms with E-state index in [9.17, 15) is 31.0 Å². The average Bonchev–Trinajstić information content (AvgIpc) is 2.77. The van der Waals surface area contributed by atoms with E-state index in [1.807, 2.05) is 0 Å². The van der Waals surface area contributed by atoms with E-state index in [4.69, 9.17) is 23.2 Å². The maximum atomic E-state index is 12.0. The van der Waals surface area contributed by atoms with Crippen molar-refractivity contribution < 1.29 is 112 Å². The Morgan fingerprint density at radius 1 is 0.872 bits per heavy atom. The van der Waals surface area contributed by atoms with Crippen molar-refractivity contribution in [2.75, 3.05) is 5.32 Å². The standard InChI is InChI=1S/C20H14Cl2N6O7S2.K.Na/c1-9-2-5-13(14(6-9)36(30,31)32)27-28-16-15(37(33,34)35)8-10-7-11(3-4-12(10)17(16)29)23-20-25-18(21)24-19(22)26-20;;/h2-8,29H,1H3,(H,30,31,32)(H,33,34,35)(H,23,24,25,26);;/q;2*+1/p-2. The van der Waals surface area contributed by atoms with Gasteiger partial charge in [-0.2, -0.15) is 15.0 Å². The van der Waals surface area contributed by atoms with Crippen molar-refractivity contribution in [1.29, 1.82) is 0 Å². The monoisotopic (exact) mass is 644 g/mol. The first kappa shape index (κ1) is 34.4. The van der Waals surface area contributed by atoms with Gasteiger partial charge in [-0.3, -0.25) is 0 Å². The number of rotatable bonds is 6. The number of phenols is 1. The van der Waals surface area contributed by atoms with Crippen LogP contribution in [0.3, 0.4) is 0 Å². The maximum Gasteiger partial charge on any atom is 1.00 e. The minimum Gasteiger partial charge on any atom is -0.744 e. The summed E-state index contributed by atoms with van der Waals surface area (Å²) in [7, 11) is -10.2. The Hall–Kier alpha value is -0.834. The summed E-state index contributed by atoms with van der Waals surface area (Å²) in [5, 5.41) is 20.6. The third kappa shape index (κ3) is 8.36. The van der Waals surface area contributed by atoms with Crippen LogP contribution in [0.1, 0.15) is 5.56 Å². The van der Waals surface area contributed by atoms with Crippen LogP contribution in [0.4, 0.5) is 23.0 Å². The molecule has 2 N–H and O–H groups in total. The van der Waals surface area contributed by atoms with Gasteiger partial charge in [-0.05, 0) is 77.5 Å². The summed E-state index contributed by atoms with van der Waals surface area (Å²) in [6, 6.07) is 8.83. The summed E-state index contributed by atoms with van der Waals surface area (Å²) in [4.78, 5) is 9.64. The normalized spacial score (nSPS) is 11.7. The van der Waals surface area contributed by atoms with Gasteiger partial charge in [-0.15, -0.1) is 10.2 Å². The Kier molecular flexibility index (Phi) is 11.8. The molecule has 3 aromatic carbocycles. The van der Waals surface area contributed by atoms with Crippen LogP contribution in [-0.2, 0) is 20.2 Å². The number of aryl methyl sites for hydroxylation is 1. The molecular formula is C20H12Cl2KN6NaO7S2. The topological polar surface area (TPSA) is 210 Å². The Bertz CT molecular complexity index is 1810. The summed E-state index contributed by atoms with van der Waals surface area (Å²) in [6.07, 6.45) is 0. The Morgan fingerprint density at radius 2 is 1.49 bits per heavy atom. The molecule has 0 aliphatic heterocycles. The fourth-order valence-electron chi connectivity index (χ4n) is 3.24. The van der Waals surface area contributed by atoms with E-state index in [-0.39, 0.29) is 108 Å². The second-order valence-corrected chi connectivity index (χ2v) is 10.8. The van der Waals surface area contributed by atoms with Crippen molar-refractivity contribution in [3.8, 4) is 5.75 Å². The molecule has 0 aliphatic rings. The minimum atomic E-state index is -5.21. The zero-order valence-corrected chi connectivity index (χ0v) is 28.5. The summed E-state index contributed by atoms with van der Waals surface area (Å²) >= 11 is 11.5. The van der Waals surface area contributed by atoms with Crippen molar-refractivity contribution in [3.05, 3.63) is 58.6 Å². The van der Waals surface area contributed by atoms with E-state index >= 15 is 0 Å². The molecule has 13 nitrogen and oxygen atoms in total. The number of phenolic OH excluding ortho intramolecular Hbond substituents is 1. The molecule has 0 aliphatic carbocycles. The number of fused-ring (bicyclic) bond motifs is 1. The second kappa shape index (κ2) is 13.4. The van der Waals surface area contributed by atoms with E-state index in [1.165, 1.54) is 30.3 Å². The van der Waals surface area contributed by atoms with E-state index < -0.39 is 47.2 Å². The minimum absolute atomic E-state index is 0. The van der Waals surface area contributed by atoms with Gasteiger partial charge < -0.3 is 19.5 Å². The van der Waals surface area contributed by atoms with Gasteiger partial charge in [0.1, 0.15) is 31.6 Å². The molecule has 0 saturated carbocycles. The van der Waals surface area contributed by atoms with Gasteiger partial charge in [-0.1, -0.05) is 6.07 Å². The number of halogens is 2. The summed E-state index contributed by atoms with van der Waals surface area (Å²) < 4.78 is 70.8. The maximum absolute atomic E-state index is 12.0. The van der Waals surface area contributed by atoms with Gasteiger partial charge in [0.15, 0.2) is 5.75 Å². The number of nitrogens with zero attached hydrogens (tertiary/aromatic N) is 5. The first-order chi connectivity index (χ1) is 17.2. The molecule has 4 aromatic rings. The Labute approximate surface area is 296 Å². The van der Waals surface area contributed by atoms with Crippen LogP contribution in [0, 0.1) is 6.92 Å². The fraction of sp³-hybridized carbons (Fsp3) is 0.0500. The molecule has 0 spiro atoms. The first-order valence-electron chi connectivity index (χ1n) is 9.80. The molecule has 0 bridgehead atoms. The van der Waals surface area contributed by atoms with E-state index in [2.05, 4.69) is 30.5 Å². The predicted octanol–water partition coefficient (Wildman–Crippen LogP) is -1.68. The number of nitrogens with one attached hydrogen (secondary N) is 1. The first-order valence-corrected chi connectivity index (χ1v) is 13.4. The van der Waals surface area contributed by atoms with Gasteiger partial charge in [0.05, 0.1) is 9.79 Å². The Morgan fingerprint density at radius 3 is 2.08 bits per heavy atom. The summed E-state index contributed by atoms with van der Waals surface area (Å²) in [5.74, 6) is -0.759. The van der Waals surface area contributed by atoms with Crippen LogP contribution in [0.25, 0.3) is 10.8 Å². The number of anilines is 2. The molecule has 0 fully saturated rings. The van der Waals surface area contributed by atoms with Crippen molar-refractivity contribution in [2.24, 2.45) is 10.2 Å². The van der Waals surface area contributed by atoms with Gasteiger partial charge in [-0.25, -0.2) is 16.8 Å². The molecule has 4 rings (SSSR count). The molecule has 19 heteroatoms. The average molecular weight is 645 g/mol. The molecule has 0 unspecified atom stereocenters. The molecule has 0 radical (unpaired) electrons. The van der Waals surface area contributed by atoms with E-state index in [0.717, 1.165) is 12.1 Å². The zero-order chi connectivity index (χ0) is 27.1. The molecule has 1 aromatic heterocycles. The predicted molar refractivity (Wildman–Crippen MR) is 130 cm³/mol. The second-order valence-electron chi connectivity index (χ2n) is 7.41. The van der Waals surface area contributed by atoms with Gasteiger partial charge >= 0.3 is 80.9 Å². The largest absolute Gasteiger partial charge is 1.00 e. The molecule has 0 saturated heterocycles. The van der Waals surface area contributed by atoms with Gasteiger partial charge in [0.2, 0.25) is 16.5 Å². The quantitative estimate of drug-likeness (QED) is 0.137. The summed E-state index contributed by atoms with van der Waals surface area (Å²) in [5.41, 5.74) is -0.410. The number of azo groups is 1. The number of benzene rings is 3. The third-order valence-electron chi connectivity index (χ3n) is 4.80. The zero-order valence-electron chi connectivity index (χ0n) is 20.2. The number of aromatic nitrogens is 3. The fourth-order valence-corrected chi connectivity index (χ4v) is 4.94. The van der Waals surface area contributed by atoms with Crippen LogP contribution >= 0.6 is 23.2 Å². The smallest absolute Gasteiger partial charge is 0.744 e. The van der Waals surface area contributed by atoms with Crippen molar-refractivity contribution in [2.45, 2.75) is 16.7 Å². The van der Waals surface area contributed by atoms with Crippen LogP contribution in [0.15, 0.2) is 62.5 Å². The third-order valence-corrected chi connectivity index (χ3v) is 6.85. The van der Waals surface area contributed by atoms with Gasteiger partial charge in [0, 0.05) is 11.1 Å². The van der Waals surface area contributed by atoms with Crippen molar-refractivity contribution >= 4 is 77.2 Å². The summed E-state index contributed by atoms with van der Waals surface area (Å²) in [6.45, 7) is 1.54. The van der Waals surface area contributed by atoms with Crippen molar-refractivity contribution in [1.82, 2.24) is 15.0 Å². The molecular weight excluding hydrogens is 633 g/mol. The number of hydrogen-bond donors (Lipinski definition) is 2. The molecule has 0 amide bonds. The Balaban J connectivity index is 0.00000267. The van der Waals surface area contributed by atoms with Crippen LogP contribution < -0.4 is 86.3 Å². The van der Waals surface area contributed by atoms with Crippen LogP contribution in [0.2, 0.25) is 10.6 Å². The van der Waals surface area contributed by atoms with Crippen LogP contribution in [-0.4, -0.2) is 46.0 Å². The van der Waals surface area contributed by atoms with Crippen LogP contribution in [0.5, 0.6) is 5.75 Å². The molecule has 0 atom stereocenters. The number of aromatic hydroxyl groups is 1. The van der Waals surface area contributed by atoms with E-state index in [0.29, 0.717) is 11.3 Å². The van der Waals surface area contributed by atoms with Crippen molar-refractivity contribution in [3.63, 3.8) is 0 Å².